The Morgan fingerprint density at radius 1 is 1.25 bits per heavy atom. The number of hydrogen-bond donors (Lipinski definition) is 1. The lowest BCUT2D eigenvalue weighted by Gasteiger charge is -2.32. The van der Waals surface area contributed by atoms with Crippen LogP contribution in [0.5, 0.6) is 0 Å². The van der Waals surface area contributed by atoms with Crippen LogP contribution in [0.15, 0.2) is 36.7 Å². The van der Waals surface area contributed by atoms with Gasteiger partial charge in [0.25, 0.3) is 0 Å². The normalized spacial score (nSPS) is 19.0. The highest BCUT2D eigenvalue weighted by Gasteiger charge is 2.26. The van der Waals surface area contributed by atoms with Crippen molar-refractivity contribution in [1.29, 1.82) is 0 Å². The maximum absolute atomic E-state index is 5.94. The molecule has 7 heteroatoms. The summed E-state index contributed by atoms with van der Waals surface area (Å²) in [6.45, 7) is 3.00. The Balaban J connectivity index is 1.54. The molecule has 124 valence electrons. The van der Waals surface area contributed by atoms with Gasteiger partial charge < -0.3 is 15.0 Å². The lowest BCUT2D eigenvalue weighted by Crippen LogP contribution is -2.39. The minimum atomic E-state index is -0.151. The number of benzene rings is 1. The fourth-order valence-corrected chi connectivity index (χ4v) is 3.16. The van der Waals surface area contributed by atoms with Gasteiger partial charge in [0.2, 0.25) is 0 Å². The molecule has 0 saturated carbocycles. The van der Waals surface area contributed by atoms with E-state index < -0.39 is 0 Å². The summed E-state index contributed by atoms with van der Waals surface area (Å²) in [4.78, 5) is 15.5. The molecule has 24 heavy (non-hydrogen) atoms. The third kappa shape index (κ3) is 2.72. The van der Waals surface area contributed by atoms with Gasteiger partial charge in [-0.25, -0.2) is 9.97 Å². The smallest absolute Gasteiger partial charge is 0.147 e. The lowest BCUT2D eigenvalue weighted by atomic mass is 10.2. The highest BCUT2D eigenvalue weighted by atomic mass is 16.5. The molecule has 0 aliphatic carbocycles. The monoisotopic (exact) mass is 324 g/mol. The summed E-state index contributed by atoms with van der Waals surface area (Å²) in [5.41, 5.74) is 8.83. The van der Waals surface area contributed by atoms with Crippen molar-refractivity contribution in [1.82, 2.24) is 24.4 Å². The number of para-hydroxylation sites is 2. The van der Waals surface area contributed by atoms with Crippen LogP contribution >= 0.6 is 0 Å². The fourth-order valence-electron chi connectivity index (χ4n) is 3.16. The van der Waals surface area contributed by atoms with Gasteiger partial charge in [-0.05, 0) is 12.1 Å². The topological polar surface area (TPSA) is 82.1 Å². The van der Waals surface area contributed by atoms with Gasteiger partial charge in [0.15, 0.2) is 0 Å². The number of ether oxygens (including phenoxy) is 1. The zero-order valence-electron chi connectivity index (χ0n) is 13.6. The predicted octanol–water partition coefficient (Wildman–Crippen LogP) is 1.52. The Morgan fingerprint density at radius 2 is 2.08 bits per heavy atom. The molecule has 2 aromatic heterocycles. The Hall–Kier alpha value is -2.51. The van der Waals surface area contributed by atoms with E-state index in [-0.39, 0.29) is 6.10 Å². The molecule has 3 aromatic rings. The first-order valence-electron chi connectivity index (χ1n) is 8.03. The number of aromatic nitrogens is 4. The minimum absolute atomic E-state index is 0.151. The van der Waals surface area contributed by atoms with Crippen LogP contribution in [0.4, 0.5) is 5.82 Å². The summed E-state index contributed by atoms with van der Waals surface area (Å²) in [6.07, 6.45) is 3.10. The van der Waals surface area contributed by atoms with Crippen molar-refractivity contribution in [2.24, 2.45) is 7.05 Å². The summed E-state index contributed by atoms with van der Waals surface area (Å²) >= 11 is 0. The first-order chi connectivity index (χ1) is 11.7. The van der Waals surface area contributed by atoms with Crippen molar-refractivity contribution in [3.8, 4) is 0 Å². The molecule has 3 heterocycles. The molecule has 0 spiro atoms. The molecule has 4 rings (SSSR count). The molecule has 1 aromatic carbocycles. The van der Waals surface area contributed by atoms with Crippen LogP contribution in [0.25, 0.3) is 11.0 Å². The number of anilines is 1. The molecule has 1 fully saturated rings. The number of rotatable bonds is 3. The van der Waals surface area contributed by atoms with E-state index in [0.29, 0.717) is 18.1 Å². The van der Waals surface area contributed by atoms with Crippen molar-refractivity contribution < 1.29 is 4.74 Å². The van der Waals surface area contributed by atoms with Crippen LogP contribution in [-0.4, -0.2) is 44.1 Å². The average Bonchev–Trinajstić information content (AvgIpc) is 2.92. The van der Waals surface area contributed by atoms with Gasteiger partial charge in [-0.3, -0.25) is 9.88 Å². The molecule has 1 aliphatic rings. The van der Waals surface area contributed by atoms with Gasteiger partial charge in [-0.2, -0.15) is 0 Å². The Kier molecular flexibility index (Phi) is 3.87. The van der Waals surface area contributed by atoms with E-state index in [1.165, 1.54) is 0 Å². The van der Waals surface area contributed by atoms with E-state index in [2.05, 4.69) is 32.5 Å². The van der Waals surface area contributed by atoms with E-state index in [4.69, 9.17) is 15.5 Å². The molecule has 1 unspecified atom stereocenters. The van der Waals surface area contributed by atoms with Crippen LogP contribution in [0, 0.1) is 0 Å². The molecule has 7 nitrogen and oxygen atoms in total. The van der Waals surface area contributed by atoms with Gasteiger partial charge in [0.1, 0.15) is 23.4 Å². The zero-order valence-corrected chi connectivity index (χ0v) is 13.6. The van der Waals surface area contributed by atoms with Crippen molar-refractivity contribution in [3.05, 3.63) is 48.2 Å². The van der Waals surface area contributed by atoms with Crippen molar-refractivity contribution >= 4 is 16.9 Å². The number of imidazole rings is 1. The second-order valence-electron chi connectivity index (χ2n) is 6.00. The summed E-state index contributed by atoms with van der Waals surface area (Å²) in [7, 11) is 2.06. The van der Waals surface area contributed by atoms with Crippen molar-refractivity contribution in [2.45, 2.75) is 12.6 Å². The van der Waals surface area contributed by atoms with Gasteiger partial charge >= 0.3 is 0 Å². The third-order valence-electron chi connectivity index (χ3n) is 4.46. The number of nitrogens with zero attached hydrogens (tertiary/aromatic N) is 5. The van der Waals surface area contributed by atoms with Crippen molar-refractivity contribution in [3.63, 3.8) is 0 Å². The second-order valence-corrected chi connectivity index (χ2v) is 6.00. The zero-order chi connectivity index (χ0) is 16.5. The molecule has 1 saturated heterocycles. The molecule has 2 N–H and O–H groups in total. The fraction of sp³-hybridized carbons (Fsp3) is 0.353. The predicted molar refractivity (Wildman–Crippen MR) is 91.1 cm³/mol. The van der Waals surface area contributed by atoms with Gasteiger partial charge in [0, 0.05) is 32.5 Å². The lowest BCUT2D eigenvalue weighted by molar-refractivity contribution is -0.0356. The third-order valence-corrected chi connectivity index (χ3v) is 4.46. The van der Waals surface area contributed by atoms with Gasteiger partial charge in [-0.15, -0.1) is 0 Å². The van der Waals surface area contributed by atoms with E-state index in [1.54, 1.807) is 12.4 Å². The Morgan fingerprint density at radius 3 is 2.92 bits per heavy atom. The molecule has 1 aliphatic heterocycles. The van der Waals surface area contributed by atoms with Crippen LogP contribution in [0.2, 0.25) is 0 Å². The first-order valence-corrected chi connectivity index (χ1v) is 8.03. The first kappa shape index (κ1) is 15.0. The summed E-state index contributed by atoms with van der Waals surface area (Å²) in [5, 5.41) is 0. The van der Waals surface area contributed by atoms with Crippen molar-refractivity contribution in [2.75, 3.05) is 25.4 Å². The molecule has 0 amide bonds. The summed E-state index contributed by atoms with van der Waals surface area (Å²) in [5.74, 6) is 1.48. The summed E-state index contributed by atoms with van der Waals surface area (Å²) in [6, 6.07) is 8.19. The van der Waals surface area contributed by atoms with E-state index in [1.807, 2.05) is 18.2 Å². The molecule has 0 bridgehead atoms. The SMILES string of the molecule is Cn1c(CN2CCOC(c3nccnc3N)C2)nc2ccccc21. The largest absolute Gasteiger partial charge is 0.382 e. The van der Waals surface area contributed by atoms with Crippen LogP contribution < -0.4 is 5.73 Å². The van der Waals surface area contributed by atoms with Crippen LogP contribution in [0.1, 0.15) is 17.6 Å². The van der Waals surface area contributed by atoms with Gasteiger partial charge in [-0.1, -0.05) is 12.1 Å². The highest BCUT2D eigenvalue weighted by molar-refractivity contribution is 5.75. The molecule has 0 radical (unpaired) electrons. The number of aryl methyl sites for hydroxylation is 1. The maximum atomic E-state index is 5.94. The standard InChI is InChI=1S/C17H20N6O/c1-22-13-5-3-2-4-12(13)21-15(22)11-23-8-9-24-14(10-23)16-17(18)20-7-6-19-16/h2-7,14H,8-11H2,1H3,(H2,18,20). The number of fused-ring (bicyclic) bond motifs is 1. The van der Waals surface area contributed by atoms with E-state index in [9.17, 15) is 0 Å². The van der Waals surface area contributed by atoms with Gasteiger partial charge in [0.05, 0.1) is 24.2 Å². The minimum Gasteiger partial charge on any atom is -0.382 e. The quantitative estimate of drug-likeness (QED) is 0.786. The summed E-state index contributed by atoms with van der Waals surface area (Å²) < 4.78 is 8.00. The van der Waals surface area contributed by atoms with Crippen LogP contribution in [0.3, 0.4) is 0 Å². The Labute approximate surface area is 140 Å². The van der Waals surface area contributed by atoms with Crippen LogP contribution in [-0.2, 0) is 18.3 Å². The van der Waals surface area contributed by atoms with E-state index in [0.717, 1.165) is 36.5 Å². The molecular formula is C17H20N6O. The molecule has 1 atom stereocenters. The number of nitrogens with two attached hydrogens (primary N) is 1. The Bertz CT molecular complexity index is 861. The highest BCUT2D eigenvalue weighted by Crippen LogP contribution is 2.25. The molecular weight excluding hydrogens is 304 g/mol. The number of nitrogen functional groups attached to an aromatic ring is 1. The maximum Gasteiger partial charge on any atom is 0.147 e. The number of morpholine rings is 1. The van der Waals surface area contributed by atoms with E-state index >= 15 is 0 Å². The number of hydrogen-bond acceptors (Lipinski definition) is 6. The average molecular weight is 324 g/mol. The second kappa shape index (κ2) is 6.18.